The molecule has 7 rings (SSSR count). The Morgan fingerprint density at radius 3 is 2.31 bits per heavy atom. The average Bonchev–Trinajstić information content (AvgIpc) is 3.81. The Morgan fingerprint density at radius 1 is 0.902 bits per heavy atom. The minimum absolute atomic E-state index is 0.170. The van der Waals surface area contributed by atoms with Gasteiger partial charge >= 0.3 is 11.4 Å². The zero-order chi connectivity index (χ0) is 35.3. The highest BCUT2D eigenvalue weighted by molar-refractivity contribution is 7.18. The molecule has 0 aliphatic carbocycles. The molecule has 0 bridgehead atoms. The van der Waals surface area contributed by atoms with Gasteiger partial charge in [0.05, 0.1) is 25.6 Å². The number of aromatic nitrogens is 4. The van der Waals surface area contributed by atoms with Gasteiger partial charge < -0.3 is 4.74 Å². The van der Waals surface area contributed by atoms with Crippen LogP contribution >= 0.6 is 11.3 Å². The number of hydroxylamine groups is 1. The molecule has 0 spiro atoms. The summed E-state index contributed by atoms with van der Waals surface area (Å²) in [6.07, 6.45) is 2.41. The van der Waals surface area contributed by atoms with Crippen molar-refractivity contribution >= 4 is 33.5 Å². The molecule has 11 nitrogen and oxygen atoms in total. The van der Waals surface area contributed by atoms with E-state index in [9.17, 15) is 14.4 Å². The standard InChI is InChI=1S/C39H33N5O6S/c1-3-30-22-33-36(45)44(34(21-25-15-19-29(48-2)20-16-25)41-49-24-27-9-5-4-6-10-27)39(47)43(37(33)51-30)23-26-13-17-28(18-14-26)31-11-7-8-12-32(31)35-40-38(46)50-42-35/h4-22,41H,3,23-24H2,1-2H3,(H,40,42,46). The number of nitrogens with one attached hydrogen (secondary N) is 2. The van der Waals surface area contributed by atoms with Crippen molar-refractivity contribution in [1.82, 2.24) is 24.8 Å². The third-order valence-corrected chi connectivity index (χ3v) is 9.66. The molecule has 2 N–H and O–H groups in total. The Balaban J connectivity index is 1.29. The fourth-order valence-electron chi connectivity index (χ4n) is 5.75. The lowest BCUT2D eigenvalue weighted by Gasteiger charge is -2.16. The first-order chi connectivity index (χ1) is 24.9. The summed E-state index contributed by atoms with van der Waals surface area (Å²) in [5.74, 6) is 0.549. The molecule has 0 unspecified atom stereocenters. The summed E-state index contributed by atoms with van der Waals surface area (Å²) in [5, 5.41) is 4.30. The topological polar surface area (TPSA) is 133 Å². The molecular formula is C39H33N5O6S. The van der Waals surface area contributed by atoms with E-state index < -0.39 is 17.0 Å². The Hall–Kier alpha value is -6.24. The van der Waals surface area contributed by atoms with Gasteiger partial charge in [0, 0.05) is 10.4 Å². The minimum atomic E-state index is -0.631. The average molecular weight is 700 g/mol. The summed E-state index contributed by atoms with van der Waals surface area (Å²) in [6, 6.07) is 34.1. The van der Waals surface area contributed by atoms with E-state index in [2.05, 4.69) is 15.6 Å². The van der Waals surface area contributed by atoms with Gasteiger partial charge in [-0.15, -0.1) is 11.3 Å². The van der Waals surface area contributed by atoms with Crippen LogP contribution in [0.4, 0.5) is 0 Å². The molecule has 0 aliphatic heterocycles. The van der Waals surface area contributed by atoms with Crippen LogP contribution in [0.1, 0.15) is 28.5 Å². The molecule has 3 heterocycles. The van der Waals surface area contributed by atoms with Gasteiger partial charge in [0.25, 0.3) is 5.56 Å². The second kappa shape index (κ2) is 14.7. The predicted octanol–water partition coefficient (Wildman–Crippen LogP) is 6.53. The van der Waals surface area contributed by atoms with Gasteiger partial charge in [-0.1, -0.05) is 103 Å². The van der Waals surface area contributed by atoms with Crippen LogP contribution in [0.5, 0.6) is 5.75 Å². The van der Waals surface area contributed by atoms with Crippen LogP contribution < -0.4 is 27.2 Å². The third-order valence-electron chi connectivity index (χ3n) is 8.36. The van der Waals surface area contributed by atoms with E-state index in [4.69, 9.17) is 14.1 Å². The first kappa shape index (κ1) is 33.3. The van der Waals surface area contributed by atoms with E-state index in [0.717, 1.165) is 37.3 Å². The second-order valence-electron chi connectivity index (χ2n) is 11.7. The van der Waals surface area contributed by atoms with Gasteiger partial charge in [-0.2, -0.15) is 0 Å². The highest BCUT2D eigenvalue weighted by Crippen LogP contribution is 2.30. The molecule has 3 aromatic heterocycles. The minimum Gasteiger partial charge on any atom is -0.497 e. The van der Waals surface area contributed by atoms with Crippen LogP contribution in [0.3, 0.4) is 0 Å². The molecule has 0 radical (unpaired) electrons. The maximum absolute atomic E-state index is 14.5. The maximum atomic E-state index is 14.5. The summed E-state index contributed by atoms with van der Waals surface area (Å²) in [5.41, 5.74) is 6.89. The van der Waals surface area contributed by atoms with Gasteiger partial charge in [0.1, 0.15) is 16.4 Å². The molecule has 0 saturated heterocycles. The van der Waals surface area contributed by atoms with Gasteiger partial charge in [0.2, 0.25) is 0 Å². The van der Waals surface area contributed by atoms with Crippen LogP contribution in [0.15, 0.2) is 128 Å². The van der Waals surface area contributed by atoms with Crippen molar-refractivity contribution in [2.75, 3.05) is 7.11 Å². The summed E-state index contributed by atoms with van der Waals surface area (Å²) >= 11 is 1.44. The fraction of sp³-hybridized carbons (Fsp3) is 0.128. The van der Waals surface area contributed by atoms with E-state index in [1.54, 1.807) is 29.9 Å². The molecular weight excluding hydrogens is 667 g/mol. The second-order valence-corrected chi connectivity index (χ2v) is 12.8. The van der Waals surface area contributed by atoms with Crippen LogP contribution in [0.2, 0.25) is 0 Å². The molecule has 0 saturated carbocycles. The third kappa shape index (κ3) is 7.09. The zero-order valence-corrected chi connectivity index (χ0v) is 28.6. The normalized spacial score (nSPS) is 11.6. The van der Waals surface area contributed by atoms with Crippen molar-refractivity contribution in [3.8, 4) is 28.3 Å². The van der Waals surface area contributed by atoms with Crippen LogP contribution in [-0.2, 0) is 24.4 Å². The van der Waals surface area contributed by atoms with Crippen LogP contribution in [0, 0.1) is 0 Å². The van der Waals surface area contributed by atoms with E-state index in [-0.39, 0.29) is 19.0 Å². The SMILES string of the molecule is CCc1cc2c(=O)n(C(=Cc3ccc(OC)cc3)NOCc3ccccc3)c(=O)n(Cc3ccc(-c4ccccc4-c4noc(=O)[nH]4)cc3)c2s1. The zero-order valence-electron chi connectivity index (χ0n) is 27.8. The molecule has 256 valence electrons. The number of aryl methyl sites for hydroxylation is 1. The first-order valence-corrected chi connectivity index (χ1v) is 17.0. The van der Waals surface area contributed by atoms with Crippen molar-refractivity contribution in [1.29, 1.82) is 0 Å². The number of hydrogen-bond donors (Lipinski definition) is 2. The number of rotatable bonds is 12. The predicted molar refractivity (Wildman–Crippen MR) is 198 cm³/mol. The quantitative estimate of drug-likeness (QED) is 0.138. The number of aromatic amines is 1. The Morgan fingerprint density at radius 2 is 1.63 bits per heavy atom. The Bertz CT molecular complexity index is 2510. The number of methoxy groups -OCH3 is 1. The molecule has 12 heteroatoms. The Labute approximate surface area is 295 Å². The van der Waals surface area contributed by atoms with Crippen molar-refractivity contribution in [2.45, 2.75) is 26.5 Å². The van der Waals surface area contributed by atoms with Gasteiger partial charge in [-0.25, -0.2) is 19.6 Å². The smallest absolute Gasteiger partial charge is 0.439 e. The molecule has 7 aromatic rings. The van der Waals surface area contributed by atoms with Gasteiger partial charge in [-0.3, -0.25) is 23.7 Å². The van der Waals surface area contributed by atoms with Crippen molar-refractivity contribution in [2.24, 2.45) is 0 Å². The van der Waals surface area contributed by atoms with E-state index in [1.165, 1.54) is 11.3 Å². The number of fused-ring (bicyclic) bond motifs is 1. The summed E-state index contributed by atoms with van der Waals surface area (Å²) in [6.45, 7) is 2.43. The van der Waals surface area contributed by atoms with E-state index in [0.29, 0.717) is 33.8 Å². The fourth-order valence-corrected chi connectivity index (χ4v) is 6.83. The molecule has 0 atom stereocenters. The summed E-state index contributed by atoms with van der Waals surface area (Å²) in [7, 11) is 1.59. The molecule has 0 fully saturated rings. The number of ether oxygens (including phenoxy) is 1. The van der Waals surface area contributed by atoms with Crippen LogP contribution in [-0.4, -0.2) is 26.4 Å². The van der Waals surface area contributed by atoms with Crippen molar-refractivity contribution in [3.63, 3.8) is 0 Å². The van der Waals surface area contributed by atoms with Gasteiger partial charge in [0.15, 0.2) is 5.82 Å². The molecule has 51 heavy (non-hydrogen) atoms. The van der Waals surface area contributed by atoms with E-state index in [1.807, 2.05) is 104 Å². The Kier molecular flexibility index (Phi) is 9.59. The number of H-pyrrole nitrogens is 1. The number of benzene rings is 4. The highest BCUT2D eigenvalue weighted by Gasteiger charge is 2.20. The first-order valence-electron chi connectivity index (χ1n) is 16.2. The van der Waals surface area contributed by atoms with Crippen molar-refractivity contribution < 1.29 is 14.1 Å². The van der Waals surface area contributed by atoms with Crippen molar-refractivity contribution in [3.05, 3.63) is 162 Å². The molecule has 0 aliphatic rings. The highest BCUT2D eigenvalue weighted by atomic mass is 32.1. The molecule has 0 amide bonds. The lowest BCUT2D eigenvalue weighted by Crippen LogP contribution is -2.42. The van der Waals surface area contributed by atoms with E-state index >= 15 is 0 Å². The largest absolute Gasteiger partial charge is 0.497 e. The van der Waals surface area contributed by atoms with Crippen LogP contribution in [0.25, 0.3) is 44.6 Å². The number of nitrogens with zero attached hydrogens (tertiary/aromatic N) is 3. The summed E-state index contributed by atoms with van der Waals surface area (Å²) in [4.78, 5) is 50.4. The monoisotopic (exact) mass is 699 g/mol. The van der Waals surface area contributed by atoms with Gasteiger partial charge in [-0.05, 0) is 58.5 Å². The lowest BCUT2D eigenvalue weighted by molar-refractivity contribution is 0.0610. The molecule has 4 aromatic carbocycles. The lowest BCUT2D eigenvalue weighted by atomic mass is 9.98. The number of thiophene rings is 1. The number of hydrogen-bond acceptors (Lipinski definition) is 9. The summed E-state index contributed by atoms with van der Waals surface area (Å²) < 4.78 is 12.8. The maximum Gasteiger partial charge on any atom is 0.439 e.